The van der Waals surface area contributed by atoms with Gasteiger partial charge in [0.25, 0.3) is 0 Å². The van der Waals surface area contributed by atoms with Crippen LogP contribution >= 0.6 is 22.6 Å². The van der Waals surface area contributed by atoms with Gasteiger partial charge >= 0.3 is 5.97 Å². The van der Waals surface area contributed by atoms with Gasteiger partial charge < -0.3 is 14.9 Å². The molecule has 0 amide bonds. The van der Waals surface area contributed by atoms with E-state index in [1.54, 1.807) is 25.1 Å². The zero-order chi connectivity index (χ0) is 13.1. The normalized spacial score (nSPS) is 14.1. The number of benzene rings is 1. The Morgan fingerprint density at radius 2 is 2.18 bits per heavy atom. The van der Waals surface area contributed by atoms with Crippen LogP contribution in [0.1, 0.15) is 30.6 Å². The van der Waals surface area contributed by atoms with Gasteiger partial charge in [0.15, 0.2) is 0 Å². The molecule has 94 valence electrons. The van der Waals surface area contributed by atoms with E-state index < -0.39 is 11.6 Å². The average molecular weight is 350 g/mol. The smallest absolute Gasteiger partial charge is 0.339 e. The third kappa shape index (κ3) is 4.16. The molecule has 0 aliphatic heterocycles. The van der Waals surface area contributed by atoms with Crippen LogP contribution in [-0.2, 0) is 0 Å². The Morgan fingerprint density at radius 1 is 1.53 bits per heavy atom. The van der Waals surface area contributed by atoms with Gasteiger partial charge in [0, 0.05) is 3.57 Å². The van der Waals surface area contributed by atoms with E-state index in [-0.39, 0.29) is 17.9 Å². The first-order valence-corrected chi connectivity index (χ1v) is 6.31. The predicted molar refractivity (Wildman–Crippen MR) is 72.5 cm³/mol. The Balaban J connectivity index is 2.88. The van der Waals surface area contributed by atoms with Crippen LogP contribution in [0.4, 0.5) is 0 Å². The lowest BCUT2D eigenvalue weighted by molar-refractivity contribution is 0.00788. The van der Waals surface area contributed by atoms with Crippen molar-refractivity contribution >= 4 is 28.6 Å². The summed E-state index contributed by atoms with van der Waals surface area (Å²) >= 11 is 2.04. The number of carboxylic acid groups (broad SMARTS) is 1. The highest BCUT2D eigenvalue weighted by atomic mass is 127. The van der Waals surface area contributed by atoms with Crippen molar-refractivity contribution in [1.29, 1.82) is 0 Å². The Bertz CT molecular complexity index is 415. The summed E-state index contributed by atoms with van der Waals surface area (Å²) in [4.78, 5) is 11.0. The Labute approximate surface area is 114 Å². The minimum atomic E-state index is -1.03. The Kier molecular flexibility index (Phi) is 4.76. The van der Waals surface area contributed by atoms with E-state index in [9.17, 15) is 9.90 Å². The lowest BCUT2D eigenvalue weighted by Crippen LogP contribution is -2.31. The minimum absolute atomic E-state index is 0.0738. The fraction of sp³-hybridized carbons (Fsp3) is 0.417. The number of rotatable bonds is 5. The second-order valence-corrected chi connectivity index (χ2v) is 5.33. The largest absolute Gasteiger partial charge is 0.490 e. The van der Waals surface area contributed by atoms with Crippen LogP contribution < -0.4 is 4.74 Å². The standard InChI is InChI=1S/C12H15IO4/c1-3-12(2,16)7-17-10-5-4-8(13)6-9(10)11(14)15/h4-6,16H,3,7H2,1-2H3,(H,14,15). The molecule has 0 aliphatic carbocycles. The summed E-state index contributed by atoms with van der Waals surface area (Å²) in [6.45, 7) is 3.57. The second-order valence-electron chi connectivity index (χ2n) is 4.08. The molecule has 0 aliphatic rings. The lowest BCUT2D eigenvalue weighted by atomic mass is 10.1. The third-order valence-electron chi connectivity index (χ3n) is 2.47. The number of carboxylic acids is 1. The zero-order valence-electron chi connectivity index (χ0n) is 9.74. The third-order valence-corrected chi connectivity index (χ3v) is 3.14. The molecule has 0 radical (unpaired) electrons. The molecule has 0 bridgehead atoms. The van der Waals surface area contributed by atoms with Crippen LogP contribution in [0.2, 0.25) is 0 Å². The van der Waals surface area contributed by atoms with Crippen molar-refractivity contribution in [2.45, 2.75) is 25.9 Å². The van der Waals surface area contributed by atoms with Gasteiger partial charge in [-0.05, 0) is 54.1 Å². The molecule has 1 unspecified atom stereocenters. The molecule has 1 aromatic carbocycles. The summed E-state index contributed by atoms with van der Waals surface area (Å²) in [5, 5.41) is 18.8. The zero-order valence-corrected chi connectivity index (χ0v) is 11.9. The molecule has 1 rings (SSSR count). The van der Waals surface area contributed by atoms with Gasteiger partial charge in [0.2, 0.25) is 0 Å². The van der Waals surface area contributed by atoms with Crippen LogP contribution in [-0.4, -0.2) is 28.4 Å². The van der Waals surface area contributed by atoms with Crippen molar-refractivity contribution in [3.05, 3.63) is 27.3 Å². The van der Waals surface area contributed by atoms with Gasteiger partial charge in [0.1, 0.15) is 17.9 Å². The first-order chi connectivity index (χ1) is 7.85. The highest BCUT2D eigenvalue weighted by Crippen LogP contribution is 2.23. The SMILES string of the molecule is CCC(C)(O)COc1ccc(I)cc1C(=O)O. The van der Waals surface area contributed by atoms with Gasteiger partial charge in [-0.2, -0.15) is 0 Å². The molecule has 2 N–H and O–H groups in total. The van der Waals surface area contributed by atoms with Crippen molar-refractivity contribution in [2.75, 3.05) is 6.61 Å². The summed E-state index contributed by atoms with van der Waals surface area (Å²) in [5.74, 6) is -0.749. The molecule has 0 fully saturated rings. The number of ether oxygens (including phenoxy) is 1. The molecule has 1 aromatic rings. The first-order valence-electron chi connectivity index (χ1n) is 5.24. The molecule has 0 aromatic heterocycles. The van der Waals surface area contributed by atoms with Gasteiger partial charge in [-0.1, -0.05) is 6.92 Å². The molecular formula is C12H15IO4. The number of aromatic carboxylic acids is 1. The van der Waals surface area contributed by atoms with Crippen molar-refractivity contribution < 1.29 is 19.7 Å². The molecule has 0 saturated heterocycles. The maximum atomic E-state index is 11.0. The highest BCUT2D eigenvalue weighted by Gasteiger charge is 2.20. The van der Waals surface area contributed by atoms with Gasteiger partial charge in [-0.3, -0.25) is 0 Å². The van der Waals surface area contributed by atoms with Crippen LogP contribution in [0.3, 0.4) is 0 Å². The molecule has 0 spiro atoms. The summed E-state index contributed by atoms with van der Waals surface area (Å²) < 4.78 is 6.20. The Morgan fingerprint density at radius 3 is 2.71 bits per heavy atom. The van der Waals surface area contributed by atoms with E-state index in [0.717, 1.165) is 3.57 Å². The molecular weight excluding hydrogens is 335 g/mol. The fourth-order valence-corrected chi connectivity index (χ4v) is 1.62. The lowest BCUT2D eigenvalue weighted by Gasteiger charge is -2.22. The maximum Gasteiger partial charge on any atom is 0.339 e. The van der Waals surface area contributed by atoms with Gasteiger partial charge in [-0.15, -0.1) is 0 Å². The summed E-state index contributed by atoms with van der Waals surface area (Å²) in [7, 11) is 0. The summed E-state index contributed by atoms with van der Waals surface area (Å²) in [6.07, 6.45) is 0.541. The molecule has 0 saturated carbocycles. The van der Waals surface area contributed by atoms with E-state index in [1.165, 1.54) is 0 Å². The average Bonchev–Trinajstić information content (AvgIpc) is 2.27. The van der Waals surface area contributed by atoms with Crippen molar-refractivity contribution in [3.63, 3.8) is 0 Å². The predicted octanol–water partition coefficient (Wildman–Crippen LogP) is 2.53. The molecule has 1 atom stereocenters. The topological polar surface area (TPSA) is 66.8 Å². The molecule has 0 heterocycles. The van der Waals surface area contributed by atoms with E-state index in [2.05, 4.69) is 0 Å². The second kappa shape index (κ2) is 5.68. The van der Waals surface area contributed by atoms with Crippen molar-refractivity contribution in [2.24, 2.45) is 0 Å². The number of aliphatic hydroxyl groups is 1. The van der Waals surface area contributed by atoms with Crippen LogP contribution in [0.25, 0.3) is 0 Å². The maximum absolute atomic E-state index is 11.0. The number of halogens is 1. The van der Waals surface area contributed by atoms with Crippen molar-refractivity contribution in [3.8, 4) is 5.75 Å². The number of carbonyl (C=O) groups is 1. The van der Waals surface area contributed by atoms with Crippen LogP contribution in [0.15, 0.2) is 18.2 Å². The van der Waals surface area contributed by atoms with E-state index in [1.807, 2.05) is 29.5 Å². The number of hydrogen-bond acceptors (Lipinski definition) is 3. The van der Waals surface area contributed by atoms with Crippen LogP contribution in [0, 0.1) is 3.57 Å². The van der Waals surface area contributed by atoms with E-state index in [4.69, 9.17) is 9.84 Å². The van der Waals surface area contributed by atoms with Crippen molar-refractivity contribution in [1.82, 2.24) is 0 Å². The minimum Gasteiger partial charge on any atom is -0.490 e. The first kappa shape index (κ1) is 14.2. The summed E-state index contributed by atoms with van der Waals surface area (Å²) in [6, 6.07) is 4.92. The molecule has 5 heteroatoms. The van der Waals surface area contributed by atoms with Crippen LogP contribution in [0.5, 0.6) is 5.75 Å². The number of hydrogen-bond donors (Lipinski definition) is 2. The fourth-order valence-electron chi connectivity index (χ4n) is 1.13. The van der Waals surface area contributed by atoms with E-state index >= 15 is 0 Å². The highest BCUT2D eigenvalue weighted by molar-refractivity contribution is 14.1. The Hall–Kier alpha value is -0.820. The van der Waals surface area contributed by atoms with Gasteiger partial charge in [-0.25, -0.2) is 4.79 Å². The monoisotopic (exact) mass is 350 g/mol. The molecule has 17 heavy (non-hydrogen) atoms. The van der Waals surface area contributed by atoms with Gasteiger partial charge in [0.05, 0.1) is 5.60 Å². The molecule has 4 nitrogen and oxygen atoms in total. The quantitative estimate of drug-likeness (QED) is 0.801. The van der Waals surface area contributed by atoms with E-state index in [0.29, 0.717) is 6.42 Å². The summed E-state index contributed by atoms with van der Waals surface area (Å²) in [5.41, 5.74) is -0.831.